The Bertz CT molecular complexity index is 412. The third-order valence-electron chi connectivity index (χ3n) is 3.34. The molecule has 22 heavy (non-hydrogen) atoms. The standard InChI is InChI=1S/C10H12O.C6H12N2O.C2H6/c1-2-10(11)8-9-6-4-3-5-7-9;7-6(9)8-5-3-1-2-4-5;1-2/h3-7H,2,8H2,1H3;5H,1-4H2,(H3,7,8,9);1-2H3. The first kappa shape index (κ1) is 20.2. The molecule has 0 aliphatic heterocycles. The van der Waals surface area contributed by atoms with Crippen LogP contribution in [0, 0.1) is 0 Å². The number of Topliss-reactive ketones (excluding diaryl/α,β-unsaturated/α-hetero) is 1. The molecule has 1 fully saturated rings. The molecular weight excluding hydrogens is 276 g/mol. The van der Waals surface area contributed by atoms with Crippen molar-refractivity contribution in [2.45, 2.75) is 65.3 Å². The van der Waals surface area contributed by atoms with E-state index in [4.69, 9.17) is 5.73 Å². The van der Waals surface area contributed by atoms with Gasteiger partial charge in [0.05, 0.1) is 0 Å². The first-order valence-electron chi connectivity index (χ1n) is 8.23. The van der Waals surface area contributed by atoms with Gasteiger partial charge >= 0.3 is 6.03 Å². The van der Waals surface area contributed by atoms with E-state index in [0.717, 1.165) is 18.4 Å². The zero-order chi connectivity index (χ0) is 16.8. The van der Waals surface area contributed by atoms with Crippen molar-refractivity contribution in [1.82, 2.24) is 5.32 Å². The Kier molecular flexibility index (Phi) is 11.8. The number of hydrogen-bond acceptors (Lipinski definition) is 2. The van der Waals surface area contributed by atoms with Crippen LogP contribution in [0.3, 0.4) is 0 Å². The summed E-state index contributed by atoms with van der Waals surface area (Å²) < 4.78 is 0. The van der Waals surface area contributed by atoms with Crippen molar-refractivity contribution < 1.29 is 9.59 Å². The van der Waals surface area contributed by atoms with Crippen LogP contribution < -0.4 is 11.1 Å². The maximum absolute atomic E-state index is 11.0. The zero-order valence-electron chi connectivity index (χ0n) is 14.1. The van der Waals surface area contributed by atoms with Gasteiger partial charge in [-0.1, -0.05) is 63.9 Å². The second kappa shape index (κ2) is 12.9. The minimum atomic E-state index is -0.387. The van der Waals surface area contributed by atoms with Crippen LogP contribution in [-0.2, 0) is 11.2 Å². The Hall–Kier alpha value is -1.84. The van der Waals surface area contributed by atoms with Crippen molar-refractivity contribution in [2.24, 2.45) is 5.73 Å². The number of ketones is 1. The molecule has 0 radical (unpaired) electrons. The SMILES string of the molecule is CC.CCC(=O)Cc1ccccc1.NC(=O)NC1CCCC1. The van der Waals surface area contributed by atoms with Crippen molar-refractivity contribution >= 4 is 11.8 Å². The Labute approximate surface area is 134 Å². The number of nitrogens with two attached hydrogens (primary N) is 1. The first-order chi connectivity index (χ1) is 10.6. The van der Waals surface area contributed by atoms with Gasteiger partial charge in [-0.25, -0.2) is 4.79 Å². The summed E-state index contributed by atoms with van der Waals surface area (Å²) in [7, 11) is 0. The number of benzene rings is 1. The van der Waals surface area contributed by atoms with Gasteiger partial charge < -0.3 is 11.1 Å². The van der Waals surface area contributed by atoms with E-state index in [-0.39, 0.29) is 6.03 Å². The second-order valence-electron chi connectivity index (χ2n) is 5.04. The highest BCUT2D eigenvalue weighted by Gasteiger charge is 2.14. The molecule has 0 bridgehead atoms. The molecular formula is C18H30N2O2. The van der Waals surface area contributed by atoms with Crippen molar-refractivity contribution in [2.75, 3.05) is 0 Å². The molecule has 0 unspecified atom stereocenters. The van der Waals surface area contributed by atoms with Gasteiger partial charge in [0.15, 0.2) is 0 Å². The Balaban J connectivity index is 0.000000366. The van der Waals surface area contributed by atoms with E-state index in [2.05, 4.69) is 5.32 Å². The molecule has 3 N–H and O–H groups in total. The summed E-state index contributed by atoms with van der Waals surface area (Å²) in [5, 5.41) is 2.68. The maximum Gasteiger partial charge on any atom is 0.312 e. The van der Waals surface area contributed by atoms with E-state index in [9.17, 15) is 9.59 Å². The largest absolute Gasteiger partial charge is 0.352 e. The van der Waals surface area contributed by atoms with Crippen LogP contribution in [0.15, 0.2) is 30.3 Å². The fourth-order valence-corrected chi connectivity index (χ4v) is 2.22. The van der Waals surface area contributed by atoms with Gasteiger partial charge in [0.25, 0.3) is 0 Å². The molecule has 0 atom stereocenters. The number of rotatable bonds is 4. The van der Waals surface area contributed by atoms with Crippen LogP contribution in [0.2, 0.25) is 0 Å². The van der Waals surface area contributed by atoms with Crippen LogP contribution >= 0.6 is 0 Å². The summed E-state index contributed by atoms with van der Waals surface area (Å²) in [5.74, 6) is 0.302. The highest BCUT2D eigenvalue weighted by atomic mass is 16.2. The third-order valence-corrected chi connectivity index (χ3v) is 3.34. The van der Waals surface area contributed by atoms with Gasteiger partial charge in [-0.3, -0.25) is 4.79 Å². The molecule has 0 aromatic heterocycles. The summed E-state index contributed by atoms with van der Waals surface area (Å²) >= 11 is 0. The molecule has 1 aromatic rings. The maximum atomic E-state index is 11.0. The molecule has 1 saturated carbocycles. The zero-order valence-corrected chi connectivity index (χ0v) is 14.1. The molecule has 1 aliphatic carbocycles. The Morgan fingerprint density at radius 2 is 1.68 bits per heavy atom. The molecule has 1 aliphatic rings. The molecule has 0 heterocycles. The van der Waals surface area contributed by atoms with Crippen molar-refractivity contribution in [3.05, 3.63) is 35.9 Å². The van der Waals surface area contributed by atoms with Crippen LogP contribution in [0.4, 0.5) is 4.79 Å². The average Bonchev–Trinajstić information content (AvgIpc) is 3.03. The predicted molar refractivity (Wildman–Crippen MR) is 91.8 cm³/mol. The summed E-state index contributed by atoms with van der Waals surface area (Å²) in [6.45, 7) is 5.89. The topological polar surface area (TPSA) is 72.2 Å². The van der Waals surface area contributed by atoms with Gasteiger partial charge in [0.2, 0.25) is 0 Å². The first-order valence-corrected chi connectivity index (χ1v) is 8.23. The molecule has 124 valence electrons. The molecule has 0 saturated heterocycles. The summed E-state index contributed by atoms with van der Waals surface area (Å²) in [5.41, 5.74) is 6.03. The molecule has 2 rings (SSSR count). The number of carbonyl (C=O) groups excluding carboxylic acids is 2. The Morgan fingerprint density at radius 1 is 1.14 bits per heavy atom. The Morgan fingerprint density at radius 3 is 2.14 bits per heavy atom. The highest BCUT2D eigenvalue weighted by molar-refractivity contribution is 5.80. The van der Waals surface area contributed by atoms with Gasteiger partial charge in [0.1, 0.15) is 5.78 Å². The van der Waals surface area contributed by atoms with Crippen molar-refractivity contribution in [1.29, 1.82) is 0 Å². The lowest BCUT2D eigenvalue weighted by atomic mass is 10.1. The lowest BCUT2D eigenvalue weighted by Gasteiger charge is -2.07. The van der Waals surface area contributed by atoms with Gasteiger partial charge in [0, 0.05) is 18.9 Å². The van der Waals surface area contributed by atoms with Gasteiger partial charge in [-0.2, -0.15) is 0 Å². The average molecular weight is 306 g/mol. The van der Waals surface area contributed by atoms with Gasteiger partial charge in [-0.15, -0.1) is 0 Å². The molecule has 1 aromatic carbocycles. The van der Waals surface area contributed by atoms with Crippen LogP contribution in [0.1, 0.15) is 58.4 Å². The number of primary amides is 1. The monoisotopic (exact) mass is 306 g/mol. The number of urea groups is 1. The lowest BCUT2D eigenvalue weighted by Crippen LogP contribution is -2.36. The van der Waals surface area contributed by atoms with Crippen molar-refractivity contribution in [3.8, 4) is 0 Å². The van der Waals surface area contributed by atoms with E-state index in [1.807, 2.05) is 51.1 Å². The molecule has 2 amide bonds. The number of carbonyl (C=O) groups is 2. The number of hydrogen-bond donors (Lipinski definition) is 2. The third kappa shape index (κ3) is 9.97. The van der Waals surface area contributed by atoms with Crippen molar-refractivity contribution in [3.63, 3.8) is 0 Å². The van der Waals surface area contributed by atoms with E-state index in [1.54, 1.807) is 0 Å². The summed E-state index contributed by atoms with van der Waals surface area (Å²) in [4.78, 5) is 21.2. The number of nitrogens with one attached hydrogen (secondary N) is 1. The van der Waals surface area contributed by atoms with Gasteiger partial charge in [-0.05, 0) is 18.4 Å². The highest BCUT2D eigenvalue weighted by Crippen LogP contribution is 2.16. The van der Waals surface area contributed by atoms with Crippen LogP contribution in [-0.4, -0.2) is 17.9 Å². The minimum absolute atomic E-state index is 0.302. The molecule has 4 heteroatoms. The quantitative estimate of drug-likeness (QED) is 0.887. The summed E-state index contributed by atoms with van der Waals surface area (Å²) in [6, 6.07) is 9.81. The summed E-state index contributed by atoms with van der Waals surface area (Å²) in [6.07, 6.45) is 5.87. The fourth-order valence-electron chi connectivity index (χ4n) is 2.22. The van der Waals surface area contributed by atoms with E-state index in [1.165, 1.54) is 12.8 Å². The van der Waals surface area contributed by atoms with E-state index in [0.29, 0.717) is 24.7 Å². The smallest absolute Gasteiger partial charge is 0.312 e. The number of amides is 2. The van der Waals surface area contributed by atoms with Crippen LogP contribution in [0.5, 0.6) is 0 Å². The normalized spacial score (nSPS) is 13.2. The second-order valence-corrected chi connectivity index (χ2v) is 5.04. The fraction of sp³-hybridized carbons (Fsp3) is 0.556. The minimum Gasteiger partial charge on any atom is -0.352 e. The van der Waals surface area contributed by atoms with E-state index < -0.39 is 0 Å². The van der Waals surface area contributed by atoms with Crippen LogP contribution in [0.25, 0.3) is 0 Å². The molecule has 0 spiro atoms. The van der Waals surface area contributed by atoms with E-state index >= 15 is 0 Å². The predicted octanol–water partition coefficient (Wildman–Crippen LogP) is 3.83. The molecule has 4 nitrogen and oxygen atoms in total. The lowest BCUT2D eigenvalue weighted by molar-refractivity contribution is -0.118.